The smallest absolute Gasteiger partial charge is 0.255 e. The van der Waals surface area contributed by atoms with Crippen LogP contribution in [0.4, 0.5) is 0 Å². The quantitative estimate of drug-likeness (QED) is 0.802. The van der Waals surface area contributed by atoms with Gasteiger partial charge in [0.15, 0.2) is 0 Å². The molecule has 23 heavy (non-hydrogen) atoms. The highest BCUT2D eigenvalue weighted by Gasteiger charge is 2.31. The number of pyridine rings is 1. The van der Waals surface area contributed by atoms with Crippen LogP contribution in [0.3, 0.4) is 0 Å². The highest BCUT2D eigenvalue weighted by atomic mass is 32.1. The first kappa shape index (κ1) is 14.1. The minimum absolute atomic E-state index is 0.0842. The summed E-state index contributed by atoms with van der Waals surface area (Å²) in [4.78, 5) is 20.3. The van der Waals surface area contributed by atoms with Crippen molar-refractivity contribution in [1.82, 2.24) is 20.1 Å². The number of likely N-dealkylation sites (tertiary alicyclic amines) is 1. The Labute approximate surface area is 138 Å². The van der Waals surface area contributed by atoms with Crippen LogP contribution in [0.1, 0.15) is 34.9 Å². The van der Waals surface area contributed by atoms with Gasteiger partial charge in [0, 0.05) is 34.8 Å². The topological polar surface area (TPSA) is 61.9 Å². The Morgan fingerprint density at radius 1 is 1.39 bits per heavy atom. The fraction of sp³-hybridized carbons (Fsp3) is 0.235. The van der Waals surface area contributed by atoms with Gasteiger partial charge in [-0.2, -0.15) is 5.10 Å². The van der Waals surface area contributed by atoms with Crippen molar-refractivity contribution in [2.45, 2.75) is 18.9 Å². The molecular weight excluding hydrogens is 308 g/mol. The number of hydrogen-bond donors (Lipinski definition) is 1. The summed E-state index contributed by atoms with van der Waals surface area (Å²) in [6, 6.07) is 7.92. The van der Waals surface area contributed by atoms with E-state index >= 15 is 0 Å². The molecule has 0 spiro atoms. The minimum Gasteiger partial charge on any atom is -0.330 e. The zero-order valence-electron chi connectivity index (χ0n) is 12.5. The number of thiophene rings is 1. The van der Waals surface area contributed by atoms with E-state index in [1.807, 2.05) is 40.7 Å². The lowest BCUT2D eigenvalue weighted by molar-refractivity contribution is 0.0733. The van der Waals surface area contributed by atoms with Gasteiger partial charge in [-0.25, -0.2) is 0 Å². The normalized spacial score (nSPS) is 17.6. The number of H-pyrrole nitrogens is 1. The summed E-state index contributed by atoms with van der Waals surface area (Å²) < 4.78 is 0. The van der Waals surface area contributed by atoms with Crippen molar-refractivity contribution in [2.24, 2.45) is 0 Å². The first-order valence-electron chi connectivity index (χ1n) is 7.62. The summed E-state index contributed by atoms with van der Waals surface area (Å²) in [5, 5.41) is 8.69. The van der Waals surface area contributed by atoms with E-state index in [0.717, 1.165) is 41.1 Å². The predicted molar refractivity (Wildman–Crippen MR) is 89.1 cm³/mol. The van der Waals surface area contributed by atoms with E-state index in [1.54, 1.807) is 23.7 Å². The van der Waals surface area contributed by atoms with E-state index in [4.69, 9.17) is 0 Å². The Morgan fingerprint density at radius 2 is 2.35 bits per heavy atom. The van der Waals surface area contributed by atoms with Gasteiger partial charge in [0.2, 0.25) is 0 Å². The average molecular weight is 324 g/mol. The second kappa shape index (κ2) is 5.96. The third-order valence-corrected chi connectivity index (χ3v) is 5.15. The molecule has 116 valence electrons. The van der Waals surface area contributed by atoms with Crippen molar-refractivity contribution in [2.75, 3.05) is 6.54 Å². The van der Waals surface area contributed by atoms with E-state index < -0.39 is 0 Å². The first-order valence-corrected chi connectivity index (χ1v) is 8.50. The standard InChI is InChI=1S/C17H16N4OS/c22-17(12-8-16(23-11-12)13-9-19-20-10-13)21-7-3-5-15(21)14-4-1-2-6-18-14/h1-2,4,6,8-11,15H,3,5,7H2,(H,19,20). The molecule has 3 aromatic heterocycles. The number of aromatic amines is 1. The van der Waals surface area contributed by atoms with Gasteiger partial charge in [0.05, 0.1) is 23.5 Å². The summed E-state index contributed by atoms with van der Waals surface area (Å²) in [6.45, 7) is 0.789. The van der Waals surface area contributed by atoms with Gasteiger partial charge in [-0.1, -0.05) is 6.07 Å². The Hall–Kier alpha value is -2.47. The maximum Gasteiger partial charge on any atom is 0.255 e. The molecule has 5 nitrogen and oxygen atoms in total. The summed E-state index contributed by atoms with van der Waals surface area (Å²) in [6.07, 6.45) is 7.39. The molecule has 0 aliphatic carbocycles. The molecule has 0 saturated carbocycles. The number of rotatable bonds is 3. The zero-order valence-corrected chi connectivity index (χ0v) is 13.3. The maximum atomic E-state index is 12.9. The maximum absolute atomic E-state index is 12.9. The Bertz CT molecular complexity index is 797. The van der Waals surface area contributed by atoms with Gasteiger partial charge in [0.25, 0.3) is 5.91 Å². The van der Waals surface area contributed by atoms with Gasteiger partial charge in [0.1, 0.15) is 0 Å². The molecule has 1 N–H and O–H groups in total. The molecule has 1 unspecified atom stereocenters. The van der Waals surface area contributed by atoms with Gasteiger partial charge in [-0.15, -0.1) is 11.3 Å². The minimum atomic E-state index is 0.0842. The van der Waals surface area contributed by atoms with Crippen LogP contribution in [-0.4, -0.2) is 32.5 Å². The van der Waals surface area contributed by atoms with Gasteiger partial charge in [-0.3, -0.25) is 14.9 Å². The molecule has 6 heteroatoms. The van der Waals surface area contributed by atoms with E-state index in [1.165, 1.54) is 0 Å². The first-order chi connectivity index (χ1) is 11.3. The molecule has 0 bridgehead atoms. The van der Waals surface area contributed by atoms with Crippen LogP contribution in [0.2, 0.25) is 0 Å². The van der Waals surface area contributed by atoms with Crippen molar-refractivity contribution in [3.05, 3.63) is 59.5 Å². The molecule has 1 amide bonds. The lowest BCUT2D eigenvalue weighted by atomic mass is 10.1. The monoisotopic (exact) mass is 324 g/mol. The highest BCUT2D eigenvalue weighted by molar-refractivity contribution is 7.13. The molecule has 1 fully saturated rings. The number of amides is 1. The van der Waals surface area contributed by atoms with Crippen molar-refractivity contribution in [3.63, 3.8) is 0 Å². The summed E-state index contributed by atoms with van der Waals surface area (Å²) >= 11 is 1.57. The van der Waals surface area contributed by atoms with Crippen molar-refractivity contribution < 1.29 is 4.79 Å². The second-order valence-electron chi connectivity index (χ2n) is 5.60. The molecule has 1 atom stereocenters. The third kappa shape index (κ3) is 2.66. The van der Waals surface area contributed by atoms with Crippen molar-refractivity contribution in [3.8, 4) is 10.4 Å². The number of carbonyl (C=O) groups is 1. The lowest BCUT2D eigenvalue weighted by Gasteiger charge is -2.23. The van der Waals surface area contributed by atoms with Crippen LogP contribution in [0.15, 0.2) is 48.2 Å². The van der Waals surface area contributed by atoms with Crippen molar-refractivity contribution >= 4 is 17.2 Å². The molecule has 1 aliphatic heterocycles. The van der Waals surface area contributed by atoms with Crippen LogP contribution < -0.4 is 0 Å². The predicted octanol–water partition coefficient (Wildman–Crippen LogP) is 3.51. The number of nitrogens with zero attached hydrogens (tertiary/aromatic N) is 3. The fourth-order valence-corrected chi connectivity index (χ4v) is 3.91. The number of hydrogen-bond acceptors (Lipinski definition) is 4. The average Bonchev–Trinajstić information content (AvgIpc) is 3.35. The summed E-state index contributed by atoms with van der Waals surface area (Å²) in [5.74, 6) is 0.0872. The molecule has 4 heterocycles. The SMILES string of the molecule is O=C(c1csc(-c2cn[nH]c2)c1)N1CCCC1c1ccccn1. The van der Waals surface area contributed by atoms with Crippen molar-refractivity contribution in [1.29, 1.82) is 0 Å². The molecule has 1 aliphatic rings. The zero-order chi connectivity index (χ0) is 15.6. The molecule has 1 saturated heterocycles. The molecule has 0 aromatic carbocycles. The van der Waals surface area contributed by atoms with Crippen LogP contribution in [0.25, 0.3) is 10.4 Å². The Balaban J connectivity index is 1.59. The van der Waals surface area contributed by atoms with Gasteiger partial charge in [-0.05, 0) is 31.0 Å². The number of carbonyl (C=O) groups excluding carboxylic acids is 1. The largest absolute Gasteiger partial charge is 0.330 e. The lowest BCUT2D eigenvalue weighted by Crippen LogP contribution is -2.30. The number of aromatic nitrogens is 3. The highest BCUT2D eigenvalue weighted by Crippen LogP contribution is 2.34. The summed E-state index contributed by atoms with van der Waals surface area (Å²) in [7, 11) is 0. The van der Waals surface area contributed by atoms with E-state index in [2.05, 4.69) is 15.2 Å². The van der Waals surface area contributed by atoms with Crippen LogP contribution >= 0.6 is 11.3 Å². The van der Waals surface area contributed by atoms with Crippen LogP contribution in [0.5, 0.6) is 0 Å². The van der Waals surface area contributed by atoms with Crippen LogP contribution in [0, 0.1) is 0 Å². The van der Waals surface area contributed by atoms with E-state index in [0.29, 0.717) is 0 Å². The molecular formula is C17H16N4OS. The third-order valence-electron chi connectivity index (χ3n) is 4.17. The second-order valence-corrected chi connectivity index (χ2v) is 6.51. The Kier molecular flexibility index (Phi) is 3.67. The number of nitrogens with one attached hydrogen (secondary N) is 1. The molecule has 0 radical (unpaired) electrons. The van der Waals surface area contributed by atoms with E-state index in [9.17, 15) is 4.79 Å². The molecule has 3 aromatic rings. The van der Waals surface area contributed by atoms with Gasteiger partial charge >= 0.3 is 0 Å². The summed E-state index contributed by atoms with van der Waals surface area (Å²) in [5.41, 5.74) is 2.73. The van der Waals surface area contributed by atoms with Gasteiger partial charge < -0.3 is 4.90 Å². The van der Waals surface area contributed by atoms with Crippen LogP contribution in [-0.2, 0) is 0 Å². The fourth-order valence-electron chi connectivity index (χ4n) is 3.04. The van der Waals surface area contributed by atoms with E-state index in [-0.39, 0.29) is 11.9 Å². The molecule has 4 rings (SSSR count). The Morgan fingerprint density at radius 3 is 3.13 bits per heavy atom.